The average Bonchev–Trinajstić information content (AvgIpc) is 2.99. The number of aromatic nitrogens is 3. The lowest BCUT2D eigenvalue weighted by molar-refractivity contribution is 0.242. The molecule has 25 heavy (non-hydrogen) atoms. The summed E-state index contributed by atoms with van der Waals surface area (Å²) < 4.78 is 2.01. The minimum atomic E-state index is -0.214. The number of hydrogen-bond acceptors (Lipinski definition) is 4. The zero-order valence-corrected chi connectivity index (χ0v) is 15.7. The summed E-state index contributed by atoms with van der Waals surface area (Å²) in [5, 5.41) is 6.17. The Morgan fingerprint density at radius 3 is 2.68 bits per heavy atom. The van der Waals surface area contributed by atoms with Crippen LogP contribution in [0.4, 0.5) is 10.6 Å². The van der Waals surface area contributed by atoms with Crippen molar-refractivity contribution in [2.75, 3.05) is 18.8 Å². The Bertz CT molecular complexity index is 754. The van der Waals surface area contributed by atoms with Crippen LogP contribution in [0.1, 0.15) is 52.6 Å². The summed E-state index contributed by atoms with van der Waals surface area (Å²) in [5.74, 6) is 6.39. The van der Waals surface area contributed by atoms with E-state index in [-0.39, 0.29) is 18.6 Å². The minimum Gasteiger partial charge on any atom is -0.383 e. The average molecular weight is 344 g/mol. The first-order valence-electron chi connectivity index (χ1n) is 8.66. The van der Waals surface area contributed by atoms with Crippen molar-refractivity contribution < 1.29 is 4.79 Å². The number of fused-ring (bicyclic) bond motifs is 1. The molecule has 0 bridgehead atoms. The maximum Gasteiger partial charge on any atom is 0.315 e. The predicted octanol–water partition coefficient (Wildman–Crippen LogP) is 2.68. The molecule has 2 amide bonds. The Kier molecular flexibility index (Phi) is 8.27. The highest BCUT2D eigenvalue weighted by Gasteiger charge is 2.13. The molecule has 7 heteroatoms. The number of amides is 2. The second-order valence-corrected chi connectivity index (χ2v) is 5.41. The van der Waals surface area contributed by atoms with Gasteiger partial charge in [-0.1, -0.05) is 32.6 Å². The number of nitrogens with two attached hydrogens (primary N) is 1. The number of nitrogen functional groups attached to an aromatic ring is 1. The van der Waals surface area contributed by atoms with Crippen LogP contribution in [0, 0.1) is 11.8 Å². The number of hydrogen-bond donors (Lipinski definition) is 3. The summed E-state index contributed by atoms with van der Waals surface area (Å²) in [6, 6.07) is 0.0221. The quantitative estimate of drug-likeness (QED) is 0.743. The Morgan fingerprint density at radius 2 is 2.04 bits per heavy atom. The first kappa shape index (κ1) is 20.3. The van der Waals surface area contributed by atoms with E-state index in [2.05, 4.69) is 46.3 Å². The summed E-state index contributed by atoms with van der Waals surface area (Å²) in [6.45, 7) is 11.0. The SMILES string of the molecule is CC.CCCNC(=O)NCC#Cc1cn(C(C)C)c2ncnc(N)c12. The van der Waals surface area contributed by atoms with E-state index in [4.69, 9.17) is 5.73 Å². The van der Waals surface area contributed by atoms with Gasteiger partial charge in [-0.25, -0.2) is 14.8 Å². The van der Waals surface area contributed by atoms with Crippen molar-refractivity contribution in [3.63, 3.8) is 0 Å². The Morgan fingerprint density at radius 1 is 1.32 bits per heavy atom. The molecular formula is C18H28N6O. The van der Waals surface area contributed by atoms with Gasteiger partial charge in [-0.15, -0.1) is 0 Å². The van der Waals surface area contributed by atoms with Crippen molar-refractivity contribution in [1.82, 2.24) is 25.2 Å². The van der Waals surface area contributed by atoms with Crippen LogP contribution in [0.2, 0.25) is 0 Å². The van der Waals surface area contributed by atoms with E-state index in [9.17, 15) is 4.79 Å². The molecule has 136 valence electrons. The third kappa shape index (κ3) is 5.38. The van der Waals surface area contributed by atoms with Crippen LogP contribution < -0.4 is 16.4 Å². The van der Waals surface area contributed by atoms with E-state index in [1.807, 2.05) is 31.5 Å². The molecule has 0 radical (unpaired) electrons. The van der Waals surface area contributed by atoms with Crippen molar-refractivity contribution in [2.24, 2.45) is 0 Å². The standard InChI is InChI=1S/C16H22N6O.C2H6/c1-4-7-18-16(23)19-8-5-6-12-9-22(11(2)3)15-13(12)14(17)20-10-21-15;1-2/h9-11H,4,7-8H2,1-3H3,(H2,17,20,21)(H2,18,19,23);1-2H3. The number of rotatable bonds is 4. The van der Waals surface area contributed by atoms with Gasteiger partial charge in [0.1, 0.15) is 17.8 Å². The molecule has 0 aliphatic rings. The maximum atomic E-state index is 11.4. The van der Waals surface area contributed by atoms with Crippen molar-refractivity contribution >= 4 is 22.9 Å². The molecule has 0 aromatic carbocycles. The van der Waals surface area contributed by atoms with E-state index in [1.54, 1.807) is 0 Å². The third-order valence-corrected chi connectivity index (χ3v) is 3.29. The van der Waals surface area contributed by atoms with E-state index in [1.165, 1.54) is 6.33 Å². The van der Waals surface area contributed by atoms with Crippen molar-refractivity contribution in [3.8, 4) is 11.8 Å². The molecule has 4 N–H and O–H groups in total. The monoisotopic (exact) mass is 344 g/mol. The largest absolute Gasteiger partial charge is 0.383 e. The fourth-order valence-electron chi connectivity index (χ4n) is 2.16. The van der Waals surface area contributed by atoms with Gasteiger partial charge in [0, 0.05) is 18.8 Å². The number of nitrogens with one attached hydrogen (secondary N) is 2. The summed E-state index contributed by atoms with van der Waals surface area (Å²) in [4.78, 5) is 19.8. The second-order valence-electron chi connectivity index (χ2n) is 5.41. The fraction of sp³-hybridized carbons (Fsp3) is 0.500. The fourth-order valence-corrected chi connectivity index (χ4v) is 2.16. The Labute approximate surface area is 149 Å². The summed E-state index contributed by atoms with van der Waals surface area (Å²) >= 11 is 0. The van der Waals surface area contributed by atoms with Crippen LogP contribution in [-0.4, -0.2) is 33.7 Å². The van der Waals surface area contributed by atoms with Gasteiger partial charge < -0.3 is 20.9 Å². The summed E-state index contributed by atoms with van der Waals surface area (Å²) in [7, 11) is 0. The lowest BCUT2D eigenvalue weighted by Gasteiger charge is -2.07. The van der Waals surface area contributed by atoms with Gasteiger partial charge in [0.15, 0.2) is 0 Å². The zero-order chi connectivity index (χ0) is 18.8. The lowest BCUT2D eigenvalue weighted by atomic mass is 10.2. The number of carbonyl (C=O) groups is 1. The second kappa shape index (κ2) is 10.2. The molecule has 2 aromatic rings. The highest BCUT2D eigenvalue weighted by molar-refractivity contribution is 5.92. The molecule has 0 atom stereocenters. The molecule has 2 rings (SSSR count). The van der Waals surface area contributed by atoms with Gasteiger partial charge in [-0.3, -0.25) is 0 Å². The van der Waals surface area contributed by atoms with E-state index < -0.39 is 0 Å². The number of nitrogens with zero attached hydrogens (tertiary/aromatic N) is 3. The van der Waals surface area contributed by atoms with Gasteiger partial charge in [-0.2, -0.15) is 0 Å². The summed E-state index contributed by atoms with van der Waals surface area (Å²) in [6.07, 6.45) is 4.27. The smallest absolute Gasteiger partial charge is 0.315 e. The molecule has 0 fully saturated rings. The van der Waals surface area contributed by atoms with Gasteiger partial charge in [-0.05, 0) is 20.3 Å². The molecular weight excluding hydrogens is 316 g/mol. The molecule has 0 unspecified atom stereocenters. The van der Waals surface area contributed by atoms with Crippen LogP contribution in [0.5, 0.6) is 0 Å². The Hall–Kier alpha value is -2.75. The molecule has 2 aromatic heterocycles. The Balaban J connectivity index is 0.00000151. The molecule has 0 saturated heterocycles. The molecule has 2 heterocycles. The van der Waals surface area contributed by atoms with Crippen molar-refractivity contribution in [3.05, 3.63) is 18.1 Å². The van der Waals surface area contributed by atoms with Crippen LogP contribution in [-0.2, 0) is 0 Å². The highest BCUT2D eigenvalue weighted by Crippen LogP contribution is 2.25. The van der Waals surface area contributed by atoms with Crippen molar-refractivity contribution in [2.45, 2.75) is 47.1 Å². The van der Waals surface area contributed by atoms with Crippen LogP contribution in [0.25, 0.3) is 11.0 Å². The zero-order valence-electron chi connectivity index (χ0n) is 15.7. The number of carbonyl (C=O) groups excluding carboxylic acids is 1. The van der Waals surface area contributed by atoms with Crippen LogP contribution >= 0.6 is 0 Å². The van der Waals surface area contributed by atoms with Crippen LogP contribution in [0.15, 0.2) is 12.5 Å². The van der Waals surface area contributed by atoms with E-state index in [0.717, 1.165) is 23.0 Å². The van der Waals surface area contributed by atoms with Gasteiger partial charge in [0.2, 0.25) is 0 Å². The first-order valence-corrected chi connectivity index (χ1v) is 8.66. The lowest BCUT2D eigenvalue weighted by Crippen LogP contribution is -2.35. The first-order chi connectivity index (χ1) is 12.0. The number of urea groups is 1. The summed E-state index contributed by atoms with van der Waals surface area (Å²) in [5.41, 5.74) is 7.50. The molecule has 0 aliphatic carbocycles. The normalized spacial score (nSPS) is 9.84. The van der Waals surface area contributed by atoms with Gasteiger partial charge in [0.05, 0.1) is 17.5 Å². The van der Waals surface area contributed by atoms with Crippen LogP contribution in [0.3, 0.4) is 0 Å². The third-order valence-electron chi connectivity index (χ3n) is 3.29. The van der Waals surface area contributed by atoms with Gasteiger partial charge in [0.25, 0.3) is 0 Å². The minimum absolute atomic E-state index is 0.214. The van der Waals surface area contributed by atoms with Gasteiger partial charge >= 0.3 is 6.03 Å². The topological polar surface area (TPSA) is 97.9 Å². The van der Waals surface area contributed by atoms with Crippen molar-refractivity contribution in [1.29, 1.82) is 0 Å². The maximum absolute atomic E-state index is 11.4. The molecule has 0 saturated carbocycles. The number of anilines is 1. The molecule has 0 aliphatic heterocycles. The predicted molar refractivity (Wildman–Crippen MR) is 102 cm³/mol. The van der Waals surface area contributed by atoms with E-state index in [0.29, 0.717) is 12.4 Å². The highest BCUT2D eigenvalue weighted by atomic mass is 16.2. The van der Waals surface area contributed by atoms with E-state index >= 15 is 0 Å². The molecule has 7 nitrogen and oxygen atoms in total. The molecule has 0 spiro atoms.